The van der Waals surface area contributed by atoms with Gasteiger partial charge in [-0.3, -0.25) is 5.43 Å². The van der Waals surface area contributed by atoms with Crippen molar-refractivity contribution in [3.05, 3.63) is 34.4 Å². The molecule has 1 aliphatic rings. The highest BCUT2D eigenvalue weighted by Gasteiger charge is 2.12. The minimum atomic E-state index is 0.582. The van der Waals surface area contributed by atoms with Crippen LogP contribution in [0.2, 0.25) is 0 Å². The van der Waals surface area contributed by atoms with Crippen molar-refractivity contribution in [2.45, 2.75) is 34.1 Å². The molecule has 1 fully saturated rings. The molecule has 1 heterocycles. The Morgan fingerprint density at radius 1 is 1.20 bits per heavy atom. The normalized spacial score (nSPS) is 15.9. The highest BCUT2D eigenvalue weighted by atomic mass is 32.1. The predicted octanol–water partition coefficient (Wildman–Crippen LogP) is 1.11. The van der Waals surface area contributed by atoms with E-state index in [4.69, 9.17) is 17.0 Å². The van der Waals surface area contributed by atoms with Crippen molar-refractivity contribution in [2.24, 2.45) is 5.10 Å². The summed E-state index contributed by atoms with van der Waals surface area (Å²) in [6, 6.07) is 4.37. The van der Waals surface area contributed by atoms with Gasteiger partial charge in [0.05, 0.1) is 25.5 Å². The first-order valence-corrected chi connectivity index (χ1v) is 9.46. The molecule has 138 valence electrons. The minimum absolute atomic E-state index is 0.582. The van der Waals surface area contributed by atoms with E-state index >= 15 is 0 Å². The van der Waals surface area contributed by atoms with Crippen LogP contribution >= 0.6 is 12.2 Å². The molecular weight excluding hydrogens is 332 g/mol. The van der Waals surface area contributed by atoms with Crippen LogP contribution in [-0.2, 0) is 4.74 Å². The monoisotopic (exact) mass is 363 g/mol. The molecule has 0 unspecified atom stereocenters. The number of hydrogen-bond acceptors (Lipinski definition) is 3. The Hall–Kier alpha value is -1.50. The lowest BCUT2D eigenvalue weighted by atomic mass is 9.97. The number of quaternary nitrogens is 1. The minimum Gasteiger partial charge on any atom is -0.370 e. The van der Waals surface area contributed by atoms with E-state index in [2.05, 4.69) is 48.7 Å². The summed E-state index contributed by atoms with van der Waals surface area (Å²) in [4.78, 5) is 1.62. The number of hydrazone groups is 1. The second-order valence-corrected chi connectivity index (χ2v) is 7.21. The van der Waals surface area contributed by atoms with Gasteiger partial charge in [0.2, 0.25) is 0 Å². The molecule has 0 bridgehead atoms. The third-order valence-electron chi connectivity index (χ3n) is 4.56. The summed E-state index contributed by atoms with van der Waals surface area (Å²) < 4.78 is 5.38. The van der Waals surface area contributed by atoms with Crippen LogP contribution in [0.5, 0.6) is 0 Å². The van der Waals surface area contributed by atoms with Crippen molar-refractivity contribution < 1.29 is 9.64 Å². The number of rotatable bonds is 6. The maximum Gasteiger partial charge on any atom is 0.186 e. The van der Waals surface area contributed by atoms with E-state index in [1.165, 1.54) is 22.3 Å². The van der Waals surface area contributed by atoms with Crippen LogP contribution in [0.15, 0.2) is 17.2 Å². The summed E-state index contributed by atoms with van der Waals surface area (Å²) in [7, 11) is 0. The number of nitrogens with one attached hydrogen (secondary N) is 3. The van der Waals surface area contributed by atoms with E-state index < -0.39 is 0 Å². The van der Waals surface area contributed by atoms with E-state index in [1.54, 1.807) is 4.90 Å². The maximum atomic E-state index is 5.38. The van der Waals surface area contributed by atoms with E-state index in [0.717, 1.165) is 51.5 Å². The topological polar surface area (TPSA) is 50.1 Å². The fourth-order valence-electron chi connectivity index (χ4n) is 3.43. The Balaban J connectivity index is 1.75. The van der Waals surface area contributed by atoms with Gasteiger partial charge in [-0.2, -0.15) is 5.10 Å². The van der Waals surface area contributed by atoms with Crippen molar-refractivity contribution >= 4 is 23.0 Å². The van der Waals surface area contributed by atoms with Gasteiger partial charge >= 0.3 is 0 Å². The Labute approximate surface area is 156 Å². The molecule has 0 spiro atoms. The van der Waals surface area contributed by atoms with Gasteiger partial charge < -0.3 is 15.0 Å². The number of aryl methyl sites for hydroxylation is 3. The van der Waals surface area contributed by atoms with Gasteiger partial charge in [-0.25, -0.2) is 0 Å². The fourth-order valence-corrected chi connectivity index (χ4v) is 3.58. The quantitative estimate of drug-likeness (QED) is 0.307. The number of morpholine rings is 1. The lowest BCUT2D eigenvalue weighted by molar-refractivity contribution is -0.908. The van der Waals surface area contributed by atoms with Gasteiger partial charge in [-0.05, 0) is 51.0 Å². The molecule has 1 aromatic rings. The number of nitrogens with zero attached hydrogens (tertiary/aromatic N) is 1. The SMILES string of the molecule is C/C(=N/NC(=S)NCCC[NH+]1CCOCC1)c1c(C)cc(C)cc1C. The summed E-state index contributed by atoms with van der Waals surface area (Å²) in [6.45, 7) is 14.4. The highest BCUT2D eigenvalue weighted by molar-refractivity contribution is 7.80. The Morgan fingerprint density at radius 3 is 2.48 bits per heavy atom. The van der Waals surface area contributed by atoms with E-state index in [9.17, 15) is 0 Å². The van der Waals surface area contributed by atoms with Gasteiger partial charge in [0.1, 0.15) is 13.1 Å². The zero-order chi connectivity index (χ0) is 18.2. The van der Waals surface area contributed by atoms with E-state index in [0.29, 0.717) is 5.11 Å². The lowest BCUT2D eigenvalue weighted by Gasteiger charge is -2.23. The summed E-state index contributed by atoms with van der Waals surface area (Å²) >= 11 is 5.32. The van der Waals surface area contributed by atoms with Crippen LogP contribution in [0.25, 0.3) is 0 Å². The fraction of sp³-hybridized carbons (Fsp3) is 0.579. The van der Waals surface area contributed by atoms with Crippen LogP contribution in [0, 0.1) is 20.8 Å². The van der Waals surface area contributed by atoms with Gasteiger partial charge in [-0.1, -0.05) is 17.7 Å². The highest BCUT2D eigenvalue weighted by Crippen LogP contribution is 2.17. The van der Waals surface area contributed by atoms with Crippen molar-refractivity contribution in [2.75, 3.05) is 39.4 Å². The molecule has 0 atom stereocenters. The molecule has 1 aliphatic heterocycles. The standard InChI is InChI=1S/C19H30N4OS/c1-14-12-15(2)18(16(3)13-14)17(4)21-22-19(25)20-6-5-7-23-8-10-24-11-9-23/h12-13H,5-11H2,1-4H3,(H2,20,22,25)/p+1/b21-17-. The van der Waals surface area contributed by atoms with Crippen LogP contribution < -0.4 is 15.6 Å². The zero-order valence-electron chi connectivity index (χ0n) is 15.9. The number of benzene rings is 1. The third-order valence-corrected chi connectivity index (χ3v) is 4.79. The second-order valence-electron chi connectivity index (χ2n) is 6.80. The molecule has 0 amide bonds. The van der Waals surface area contributed by atoms with Gasteiger partial charge in [0, 0.05) is 18.5 Å². The lowest BCUT2D eigenvalue weighted by Crippen LogP contribution is -3.14. The van der Waals surface area contributed by atoms with Crippen molar-refractivity contribution in [1.82, 2.24) is 10.7 Å². The molecular formula is C19H31N4OS+. The summed E-state index contributed by atoms with van der Waals surface area (Å²) in [5.41, 5.74) is 8.88. The maximum absolute atomic E-state index is 5.38. The smallest absolute Gasteiger partial charge is 0.186 e. The Bertz CT molecular complexity index is 601. The molecule has 5 nitrogen and oxygen atoms in total. The first kappa shape index (κ1) is 19.8. The summed E-state index contributed by atoms with van der Waals surface area (Å²) in [5, 5.41) is 8.27. The van der Waals surface area contributed by atoms with Crippen molar-refractivity contribution in [1.29, 1.82) is 0 Å². The third kappa shape index (κ3) is 6.38. The molecule has 1 saturated heterocycles. The molecule has 1 aromatic carbocycles. The van der Waals surface area contributed by atoms with Crippen LogP contribution in [0.3, 0.4) is 0 Å². The molecule has 0 aliphatic carbocycles. The van der Waals surface area contributed by atoms with Crippen LogP contribution in [-0.4, -0.2) is 50.2 Å². The first-order chi connectivity index (χ1) is 12.0. The first-order valence-electron chi connectivity index (χ1n) is 9.05. The largest absolute Gasteiger partial charge is 0.370 e. The predicted molar refractivity (Wildman–Crippen MR) is 108 cm³/mol. The van der Waals surface area contributed by atoms with Crippen LogP contribution in [0.1, 0.15) is 35.6 Å². The molecule has 3 N–H and O–H groups in total. The number of thiocarbonyl (C=S) groups is 1. The zero-order valence-corrected chi connectivity index (χ0v) is 16.7. The Morgan fingerprint density at radius 2 is 1.84 bits per heavy atom. The molecule has 0 aromatic heterocycles. The molecule has 0 radical (unpaired) electrons. The molecule has 0 saturated carbocycles. The van der Waals surface area contributed by atoms with Crippen molar-refractivity contribution in [3.63, 3.8) is 0 Å². The second kappa shape index (κ2) is 9.85. The number of hydrogen-bond donors (Lipinski definition) is 3. The molecule has 2 rings (SSSR count). The number of ether oxygens (including phenoxy) is 1. The van der Waals surface area contributed by atoms with Gasteiger partial charge in [-0.15, -0.1) is 0 Å². The van der Waals surface area contributed by atoms with E-state index in [1.807, 2.05) is 6.92 Å². The van der Waals surface area contributed by atoms with Crippen LogP contribution in [0.4, 0.5) is 0 Å². The average Bonchev–Trinajstić information content (AvgIpc) is 2.57. The van der Waals surface area contributed by atoms with Gasteiger partial charge in [0.25, 0.3) is 0 Å². The summed E-state index contributed by atoms with van der Waals surface area (Å²) in [6.07, 6.45) is 1.09. The summed E-state index contributed by atoms with van der Waals surface area (Å²) in [5.74, 6) is 0. The van der Waals surface area contributed by atoms with Gasteiger partial charge in [0.15, 0.2) is 5.11 Å². The molecule has 25 heavy (non-hydrogen) atoms. The van der Waals surface area contributed by atoms with E-state index in [-0.39, 0.29) is 0 Å². The Kier molecular flexibility index (Phi) is 7.81. The average molecular weight is 364 g/mol. The molecule has 6 heteroatoms. The van der Waals surface area contributed by atoms with Crippen molar-refractivity contribution in [3.8, 4) is 0 Å².